The maximum absolute atomic E-state index is 12.8. The largest absolute Gasteiger partial charge is 0.481 e. The lowest BCUT2D eigenvalue weighted by molar-refractivity contribution is -0.147. The highest BCUT2D eigenvalue weighted by atomic mass is 32.2. The van der Waals surface area contributed by atoms with E-state index in [1.807, 2.05) is 6.26 Å². The van der Waals surface area contributed by atoms with Gasteiger partial charge in [-0.1, -0.05) is 12.1 Å². The molecule has 0 saturated carbocycles. The standard InChI is InChI=1S/C17H19N3O6S/c1-27-7-6-13(15(23)19-12(17(25)26)8-14(21)22)20-9-18-11-5-3-2-4-10(11)16(20)24/h2-5,9,12-13H,6-8H2,1H3,(H,19,23)(H,21,22)(H,25,26). The molecule has 1 aromatic carbocycles. The number of hydrogen-bond acceptors (Lipinski definition) is 6. The predicted molar refractivity (Wildman–Crippen MR) is 99.9 cm³/mol. The molecule has 0 aliphatic heterocycles. The summed E-state index contributed by atoms with van der Waals surface area (Å²) >= 11 is 1.46. The van der Waals surface area contributed by atoms with Crippen molar-refractivity contribution in [2.24, 2.45) is 0 Å². The number of rotatable bonds is 9. The number of hydrogen-bond donors (Lipinski definition) is 3. The Labute approximate surface area is 158 Å². The number of nitrogens with zero attached hydrogens (tertiary/aromatic N) is 2. The molecule has 0 saturated heterocycles. The number of benzene rings is 1. The van der Waals surface area contributed by atoms with Crippen LogP contribution in [0.1, 0.15) is 18.9 Å². The molecule has 0 fully saturated rings. The van der Waals surface area contributed by atoms with Gasteiger partial charge in [0, 0.05) is 0 Å². The number of carboxylic acid groups (broad SMARTS) is 2. The van der Waals surface area contributed by atoms with Gasteiger partial charge in [-0.05, 0) is 30.6 Å². The van der Waals surface area contributed by atoms with Gasteiger partial charge in [0.15, 0.2) is 0 Å². The molecule has 0 radical (unpaired) electrons. The smallest absolute Gasteiger partial charge is 0.326 e. The topological polar surface area (TPSA) is 139 Å². The molecule has 2 unspecified atom stereocenters. The summed E-state index contributed by atoms with van der Waals surface area (Å²) in [6, 6.07) is 4.09. The van der Waals surface area contributed by atoms with E-state index in [-0.39, 0.29) is 6.42 Å². The molecule has 1 amide bonds. The van der Waals surface area contributed by atoms with Crippen LogP contribution < -0.4 is 10.9 Å². The predicted octanol–water partition coefficient (Wildman–Crippen LogP) is 0.735. The van der Waals surface area contributed by atoms with Gasteiger partial charge in [-0.3, -0.25) is 19.0 Å². The third-order valence-electron chi connectivity index (χ3n) is 3.92. The van der Waals surface area contributed by atoms with Crippen LogP contribution >= 0.6 is 11.8 Å². The third-order valence-corrected chi connectivity index (χ3v) is 4.56. The van der Waals surface area contributed by atoms with Crippen molar-refractivity contribution in [1.29, 1.82) is 0 Å². The van der Waals surface area contributed by atoms with Gasteiger partial charge in [0.25, 0.3) is 5.56 Å². The summed E-state index contributed by atoms with van der Waals surface area (Å²) in [5.74, 6) is -3.02. The Hall–Kier alpha value is -2.88. The lowest BCUT2D eigenvalue weighted by Gasteiger charge is -2.21. The molecule has 0 aliphatic carbocycles. The van der Waals surface area contributed by atoms with E-state index in [2.05, 4.69) is 10.3 Å². The van der Waals surface area contributed by atoms with Gasteiger partial charge in [-0.25, -0.2) is 9.78 Å². The average molecular weight is 393 g/mol. The molecule has 10 heteroatoms. The van der Waals surface area contributed by atoms with E-state index < -0.39 is 41.9 Å². The van der Waals surface area contributed by atoms with Gasteiger partial charge in [0.05, 0.1) is 23.7 Å². The molecule has 27 heavy (non-hydrogen) atoms. The summed E-state index contributed by atoms with van der Waals surface area (Å²) in [7, 11) is 0. The van der Waals surface area contributed by atoms with Crippen LogP contribution in [0.25, 0.3) is 10.9 Å². The monoisotopic (exact) mass is 393 g/mol. The van der Waals surface area contributed by atoms with Gasteiger partial charge in [0.2, 0.25) is 5.91 Å². The quantitative estimate of drug-likeness (QED) is 0.567. The van der Waals surface area contributed by atoms with Crippen LogP contribution in [0.15, 0.2) is 35.4 Å². The Bertz CT molecular complexity index is 913. The van der Waals surface area contributed by atoms with Crippen LogP contribution in [0.4, 0.5) is 0 Å². The number of para-hydroxylation sites is 1. The van der Waals surface area contributed by atoms with E-state index in [9.17, 15) is 19.2 Å². The highest BCUT2D eigenvalue weighted by molar-refractivity contribution is 7.98. The Morgan fingerprint density at radius 2 is 1.96 bits per heavy atom. The fourth-order valence-corrected chi connectivity index (χ4v) is 3.03. The summed E-state index contributed by atoms with van der Waals surface area (Å²) < 4.78 is 1.16. The van der Waals surface area contributed by atoms with Crippen molar-refractivity contribution in [2.75, 3.05) is 12.0 Å². The van der Waals surface area contributed by atoms with Crippen molar-refractivity contribution >= 4 is 40.5 Å². The molecule has 1 aromatic heterocycles. The van der Waals surface area contributed by atoms with Crippen LogP contribution in [-0.4, -0.2) is 55.7 Å². The van der Waals surface area contributed by atoms with Crippen LogP contribution in [0, 0.1) is 0 Å². The molecule has 2 rings (SSSR count). The number of aliphatic carboxylic acids is 2. The van der Waals surface area contributed by atoms with Crippen LogP contribution in [0.3, 0.4) is 0 Å². The number of thioether (sulfide) groups is 1. The first-order valence-electron chi connectivity index (χ1n) is 8.05. The molecule has 0 bridgehead atoms. The maximum Gasteiger partial charge on any atom is 0.326 e. The molecule has 3 N–H and O–H groups in total. The van der Waals surface area contributed by atoms with Crippen molar-refractivity contribution < 1.29 is 24.6 Å². The summed E-state index contributed by atoms with van der Waals surface area (Å²) in [5.41, 5.74) is 0.0593. The van der Waals surface area contributed by atoms with Gasteiger partial charge in [-0.15, -0.1) is 0 Å². The molecule has 9 nitrogen and oxygen atoms in total. The number of fused-ring (bicyclic) bond motifs is 1. The number of carbonyl (C=O) groups is 3. The highest BCUT2D eigenvalue weighted by Gasteiger charge is 2.28. The van der Waals surface area contributed by atoms with Crippen molar-refractivity contribution in [3.8, 4) is 0 Å². The number of carboxylic acids is 2. The van der Waals surface area contributed by atoms with E-state index in [0.29, 0.717) is 16.7 Å². The third kappa shape index (κ3) is 5.07. The normalized spacial score (nSPS) is 13.1. The molecule has 0 spiro atoms. The average Bonchev–Trinajstić information content (AvgIpc) is 2.62. The fraction of sp³-hybridized carbons (Fsp3) is 0.353. The first-order chi connectivity index (χ1) is 12.8. The second-order valence-corrected chi connectivity index (χ2v) is 6.75. The minimum absolute atomic E-state index is 0.256. The molecule has 2 atom stereocenters. The van der Waals surface area contributed by atoms with Crippen molar-refractivity contribution in [3.63, 3.8) is 0 Å². The van der Waals surface area contributed by atoms with Crippen molar-refractivity contribution in [3.05, 3.63) is 40.9 Å². The van der Waals surface area contributed by atoms with Gasteiger partial charge in [0.1, 0.15) is 12.1 Å². The number of aromatic nitrogens is 2. The van der Waals surface area contributed by atoms with Crippen molar-refractivity contribution in [1.82, 2.24) is 14.9 Å². The van der Waals surface area contributed by atoms with E-state index in [1.165, 1.54) is 18.1 Å². The Morgan fingerprint density at radius 1 is 1.26 bits per heavy atom. The minimum Gasteiger partial charge on any atom is -0.481 e. The number of nitrogens with one attached hydrogen (secondary N) is 1. The highest BCUT2D eigenvalue weighted by Crippen LogP contribution is 2.15. The number of carbonyl (C=O) groups excluding carboxylic acids is 1. The van der Waals surface area contributed by atoms with Crippen LogP contribution in [0.2, 0.25) is 0 Å². The maximum atomic E-state index is 12.8. The van der Waals surface area contributed by atoms with E-state index in [0.717, 1.165) is 4.57 Å². The molecular weight excluding hydrogens is 374 g/mol. The van der Waals surface area contributed by atoms with Gasteiger partial charge >= 0.3 is 11.9 Å². The minimum atomic E-state index is -1.59. The lowest BCUT2D eigenvalue weighted by Crippen LogP contribution is -2.46. The van der Waals surface area contributed by atoms with E-state index >= 15 is 0 Å². The molecule has 0 aliphatic rings. The zero-order chi connectivity index (χ0) is 20.0. The lowest BCUT2D eigenvalue weighted by atomic mass is 10.1. The Kier molecular flexibility index (Phi) is 6.94. The fourth-order valence-electron chi connectivity index (χ4n) is 2.57. The second-order valence-electron chi connectivity index (χ2n) is 5.77. The Balaban J connectivity index is 2.38. The van der Waals surface area contributed by atoms with E-state index in [4.69, 9.17) is 10.2 Å². The van der Waals surface area contributed by atoms with Gasteiger partial charge < -0.3 is 15.5 Å². The molecule has 1 heterocycles. The van der Waals surface area contributed by atoms with Gasteiger partial charge in [-0.2, -0.15) is 11.8 Å². The first kappa shape index (κ1) is 20.4. The Morgan fingerprint density at radius 3 is 2.59 bits per heavy atom. The molecular formula is C17H19N3O6S. The summed E-state index contributed by atoms with van der Waals surface area (Å²) in [6.45, 7) is 0. The second kappa shape index (κ2) is 9.17. The molecule has 144 valence electrons. The van der Waals surface area contributed by atoms with Crippen molar-refractivity contribution in [2.45, 2.75) is 24.9 Å². The zero-order valence-electron chi connectivity index (χ0n) is 14.5. The van der Waals surface area contributed by atoms with Crippen LogP contribution in [0.5, 0.6) is 0 Å². The summed E-state index contributed by atoms with van der Waals surface area (Å²) in [4.78, 5) is 51.7. The van der Waals surface area contributed by atoms with Crippen LogP contribution in [-0.2, 0) is 14.4 Å². The SMILES string of the molecule is CSCCC(C(=O)NC(CC(=O)O)C(=O)O)n1cnc2ccccc2c1=O. The summed E-state index contributed by atoms with van der Waals surface area (Å²) in [5, 5.41) is 20.5. The zero-order valence-corrected chi connectivity index (χ0v) is 15.3. The number of amides is 1. The molecule has 2 aromatic rings. The first-order valence-corrected chi connectivity index (χ1v) is 9.44. The van der Waals surface area contributed by atoms with E-state index in [1.54, 1.807) is 24.3 Å². The summed E-state index contributed by atoms with van der Waals surface area (Å²) in [6.07, 6.45) is 2.58.